The number of fused-ring (bicyclic) bond motifs is 3. The molecule has 0 saturated carbocycles. The number of aryl methyl sites for hydroxylation is 1. The molecular weight excluding hydrogens is 244 g/mol. The summed E-state index contributed by atoms with van der Waals surface area (Å²) in [5, 5.41) is 2.39. The van der Waals surface area contributed by atoms with Crippen LogP contribution in [0.1, 0.15) is 5.56 Å². The molecule has 0 saturated heterocycles. The Labute approximate surface area is 117 Å². The Morgan fingerprint density at radius 3 is 2.35 bits per heavy atom. The summed E-state index contributed by atoms with van der Waals surface area (Å²) in [5.74, 6) is 0. The molecule has 1 heteroatoms. The number of benzene rings is 3. The molecule has 0 radical (unpaired) electrons. The van der Waals surface area contributed by atoms with Crippen LogP contribution in [0.5, 0.6) is 0 Å². The highest BCUT2D eigenvalue weighted by Crippen LogP contribution is 2.37. The first kappa shape index (κ1) is 11.3. The molecule has 0 aliphatic rings. The molecule has 4 aromatic rings. The highest BCUT2D eigenvalue weighted by Gasteiger charge is 2.12. The van der Waals surface area contributed by atoms with Gasteiger partial charge in [0.2, 0.25) is 0 Å². The maximum atomic E-state index is 6.00. The first-order valence-electron chi connectivity index (χ1n) is 6.80. The summed E-state index contributed by atoms with van der Waals surface area (Å²) < 4.78 is 6.00. The Morgan fingerprint density at radius 1 is 0.750 bits per heavy atom. The van der Waals surface area contributed by atoms with Crippen molar-refractivity contribution in [2.45, 2.75) is 6.92 Å². The number of hydrogen-bond donors (Lipinski definition) is 0. The lowest BCUT2D eigenvalue weighted by Crippen LogP contribution is -1.81. The van der Waals surface area contributed by atoms with Gasteiger partial charge in [0.1, 0.15) is 11.2 Å². The van der Waals surface area contributed by atoms with E-state index in [4.69, 9.17) is 4.42 Å². The van der Waals surface area contributed by atoms with Crippen LogP contribution < -0.4 is 0 Å². The van der Waals surface area contributed by atoms with Crippen LogP contribution in [0.3, 0.4) is 0 Å². The van der Waals surface area contributed by atoms with Gasteiger partial charge in [-0.3, -0.25) is 0 Å². The Balaban J connectivity index is 2.19. The van der Waals surface area contributed by atoms with E-state index < -0.39 is 0 Å². The number of para-hydroxylation sites is 1. The van der Waals surface area contributed by atoms with Crippen LogP contribution in [0, 0.1) is 6.92 Å². The number of rotatable bonds is 1. The lowest BCUT2D eigenvalue weighted by Gasteiger charge is -2.05. The lowest BCUT2D eigenvalue weighted by molar-refractivity contribution is 0.668. The van der Waals surface area contributed by atoms with Crippen molar-refractivity contribution in [2.24, 2.45) is 0 Å². The second kappa shape index (κ2) is 4.24. The molecule has 96 valence electrons. The van der Waals surface area contributed by atoms with Gasteiger partial charge in [-0.05, 0) is 35.7 Å². The fraction of sp³-hybridized carbons (Fsp3) is 0.0526. The fourth-order valence-corrected chi connectivity index (χ4v) is 2.84. The van der Waals surface area contributed by atoms with E-state index in [0.717, 1.165) is 11.2 Å². The van der Waals surface area contributed by atoms with Gasteiger partial charge in [-0.15, -0.1) is 0 Å². The highest BCUT2D eigenvalue weighted by molar-refractivity contribution is 6.12. The third kappa shape index (κ3) is 1.64. The predicted octanol–water partition coefficient (Wildman–Crippen LogP) is 5.56. The second-order valence-corrected chi connectivity index (χ2v) is 5.15. The summed E-state index contributed by atoms with van der Waals surface area (Å²) in [4.78, 5) is 0. The van der Waals surface area contributed by atoms with Gasteiger partial charge in [-0.25, -0.2) is 0 Å². The van der Waals surface area contributed by atoms with E-state index >= 15 is 0 Å². The average molecular weight is 258 g/mol. The minimum Gasteiger partial charge on any atom is -0.456 e. The van der Waals surface area contributed by atoms with E-state index in [1.54, 1.807) is 0 Å². The smallest absolute Gasteiger partial charge is 0.136 e. The van der Waals surface area contributed by atoms with Gasteiger partial charge in [0.15, 0.2) is 0 Å². The first-order chi connectivity index (χ1) is 9.83. The molecule has 0 bridgehead atoms. The van der Waals surface area contributed by atoms with Crippen molar-refractivity contribution >= 4 is 21.9 Å². The van der Waals surface area contributed by atoms with Gasteiger partial charge >= 0.3 is 0 Å². The largest absolute Gasteiger partial charge is 0.456 e. The van der Waals surface area contributed by atoms with E-state index in [2.05, 4.69) is 55.5 Å². The molecule has 0 spiro atoms. The van der Waals surface area contributed by atoms with Crippen molar-refractivity contribution < 1.29 is 4.42 Å². The Hall–Kier alpha value is -2.54. The van der Waals surface area contributed by atoms with E-state index in [9.17, 15) is 0 Å². The monoisotopic (exact) mass is 258 g/mol. The molecule has 0 aliphatic heterocycles. The van der Waals surface area contributed by atoms with Crippen LogP contribution in [-0.4, -0.2) is 0 Å². The molecule has 1 nitrogen and oxygen atoms in total. The Kier molecular flexibility index (Phi) is 2.40. The number of hydrogen-bond acceptors (Lipinski definition) is 1. The summed E-state index contributed by atoms with van der Waals surface area (Å²) in [6.07, 6.45) is 0. The second-order valence-electron chi connectivity index (χ2n) is 5.15. The van der Waals surface area contributed by atoms with Crippen molar-refractivity contribution in [3.8, 4) is 11.1 Å². The summed E-state index contributed by atoms with van der Waals surface area (Å²) in [6, 6.07) is 23.1. The normalized spacial score (nSPS) is 11.2. The molecule has 20 heavy (non-hydrogen) atoms. The topological polar surface area (TPSA) is 13.1 Å². The van der Waals surface area contributed by atoms with Crippen LogP contribution in [0.4, 0.5) is 0 Å². The molecule has 0 fully saturated rings. The van der Waals surface area contributed by atoms with Gasteiger partial charge in [0.25, 0.3) is 0 Å². The lowest BCUT2D eigenvalue weighted by atomic mass is 9.97. The molecule has 0 N–H and O–H groups in total. The molecule has 0 aliphatic carbocycles. The molecular formula is C19H14O. The summed E-state index contributed by atoms with van der Waals surface area (Å²) >= 11 is 0. The van der Waals surface area contributed by atoms with Crippen LogP contribution in [0.2, 0.25) is 0 Å². The number of furan rings is 1. The van der Waals surface area contributed by atoms with E-state index in [1.807, 2.05) is 18.2 Å². The van der Waals surface area contributed by atoms with Gasteiger partial charge in [0.05, 0.1) is 0 Å². The fourth-order valence-electron chi connectivity index (χ4n) is 2.84. The molecule has 0 amide bonds. The van der Waals surface area contributed by atoms with E-state index in [1.165, 1.54) is 27.5 Å². The molecule has 3 aromatic carbocycles. The van der Waals surface area contributed by atoms with Gasteiger partial charge in [-0.1, -0.05) is 54.6 Å². The maximum absolute atomic E-state index is 6.00. The molecule has 4 rings (SSSR count). The van der Waals surface area contributed by atoms with E-state index in [-0.39, 0.29) is 0 Å². The molecule has 1 aromatic heterocycles. The third-order valence-electron chi connectivity index (χ3n) is 3.71. The van der Waals surface area contributed by atoms with E-state index in [0.29, 0.717) is 0 Å². The van der Waals surface area contributed by atoms with Gasteiger partial charge in [0, 0.05) is 10.8 Å². The third-order valence-corrected chi connectivity index (χ3v) is 3.71. The van der Waals surface area contributed by atoms with Gasteiger partial charge in [-0.2, -0.15) is 0 Å². The predicted molar refractivity (Wildman–Crippen MR) is 83.9 cm³/mol. The molecule has 0 atom stereocenters. The SMILES string of the molecule is Cc1cc(-c2ccccc2)c2c(c1)oc1ccccc12. The summed E-state index contributed by atoms with van der Waals surface area (Å²) in [6.45, 7) is 2.11. The summed E-state index contributed by atoms with van der Waals surface area (Å²) in [7, 11) is 0. The zero-order valence-corrected chi connectivity index (χ0v) is 11.3. The zero-order valence-electron chi connectivity index (χ0n) is 11.3. The Bertz CT molecular complexity index is 901. The highest BCUT2D eigenvalue weighted by atomic mass is 16.3. The van der Waals surface area contributed by atoms with Crippen molar-refractivity contribution in [1.82, 2.24) is 0 Å². The minimum absolute atomic E-state index is 0.949. The average Bonchev–Trinajstić information content (AvgIpc) is 2.85. The van der Waals surface area contributed by atoms with Crippen molar-refractivity contribution in [3.63, 3.8) is 0 Å². The first-order valence-corrected chi connectivity index (χ1v) is 6.80. The van der Waals surface area contributed by atoms with Crippen molar-refractivity contribution in [1.29, 1.82) is 0 Å². The van der Waals surface area contributed by atoms with Gasteiger partial charge < -0.3 is 4.42 Å². The summed E-state index contributed by atoms with van der Waals surface area (Å²) in [5.41, 5.74) is 5.60. The maximum Gasteiger partial charge on any atom is 0.136 e. The standard InChI is InChI=1S/C19H14O/c1-13-11-16(14-7-3-2-4-8-14)19-15-9-5-6-10-17(15)20-18(19)12-13/h2-12H,1H3. The zero-order chi connectivity index (χ0) is 13.5. The van der Waals surface area contributed by atoms with Crippen LogP contribution in [-0.2, 0) is 0 Å². The van der Waals surface area contributed by atoms with Crippen LogP contribution in [0.15, 0.2) is 71.1 Å². The van der Waals surface area contributed by atoms with Crippen molar-refractivity contribution in [3.05, 3.63) is 72.3 Å². The quantitative estimate of drug-likeness (QED) is 0.435. The molecule has 1 heterocycles. The van der Waals surface area contributed by atoms with Crippen LogP contribution >= 0.6 is 0 Å². The Morgan fingerprint density at radius 2 is 1.50 bits per heavy atom. The minimum atomic E-state index is 0.949. The molecule has 0 unspecified atom stereocenters. The van der Waals surface area contributed by atoms with Crippen molar-refractivity contribution in [2.75, 3.05) is 0 Å². The van der Waals surface area contributed by atoms with Crippen LogP contribution in [0.25, 0.3) is 33.1 Å².